The molecular formula is C13H21NO. The molecule has 1 rings (SSSR count). The number of benzene rings is 1. The van der Waals surface area contributed by atoms with E-state index in [2.05, 4.69) is 31.3 Å². The first-order valence-electron chi connectivity index (χ1n) is 5.55. The van der Waals surface area contributed by atoms with Gasteiger partial charge in [0.05, 0.1) is 6.10 Å². The van der Waals surface area contributed by atoms with Gasteiger partial charge in [0.25, 0.3) is 0 Å². The molecule has 0 aliphatic rings. The molecule has 0 aliphatic carbocycles. The summed E-state index contributed by atoms with van der Waals surface area (Å²) in [6, 6.07) is 8.24. The molecule has 0 saturated heterocycles. The second kappa shape index (κ2) is 5.89. The minimum absolute atomic E-state index is 0.400. The maximum atomic E-state index is 9.73. The number of aliphatic hydroxyl groups excluding tert-OH is 1. The topological polar surface area (TPSA) is 32.3 Å². The van der Waals surface area contributed by atoms with Crippen molar-refractivity contribution < 1.29 is 5.11 Å². The zero-order valence-corrected chi connectivity index (χ0v) is 9.83. The average molecular weight is 207 g/mol. The van der Waals surface area contributed by atoms with Gasteiger partial charge < -0.3 is 10.4 Å². The van der Waals surface area contributed by atoms with Crippen LogP contribution in [0, 0.1) is 5.92 Å². The Morgan fingerprint density at radius 3 is 2.27 bits per heavy atom. The fraction of sp³-hybridized carbons (Fsp3) is 0.538. The van der Waals surface area contributed by atoms with Crippen molar-refractivity contribution in [3.05, 3.63) is 35.4 Å². The molecule has 0 amide bonds. The van der Waals surface area contributed by atoms with Crippen molar-refractivity contribution in [3.63, 3.8) is 0 Å². The highest BCUT2D eigenvalue weighted by atomic mass is 16.3. The molecule has 2 nitrogen and oxygen atoms in total. The Bertz CT molecular complexity index is 279. The van der Waals surface area contributed by atoms with Crippen molar-refractivity contribution >= 4 is 0 Å². The summed E-state index contributed by atoms with van der Waals surface area (Å²) < 4.78 is 0. The molecule has 1 atom stereocenters. The molecule has 0 heterocycles. The van der Waals surface area contributed by atoms with Crippen LogP contribution in [0.1, 0.15) is 31.1 Å². The lowest BCUT2D eigenvalue weighted by molar-refractivity contribution is 0.178. The van der Waals surface area contributed by atoms with Crippen LogP contribution in [0.15, 0.2) is 24.3 Å². The second-order valence-corrected chi connectivity index (χ2v) is 4.41. The Morgan fingerprint density at radius 1 is 1.20 bits per heavy atom. The summed E-state index contributed by atoms with van der Waals surface area (Å²) in [7, 11) is 1.84. The first kappa shape index (κ1) is 12.2. The average Bonchev–Trinajstić information content (AvgIpc) is 2.18. The summed E-state index contributed by atoms with van der Waals surface area (Å²) in [5.74, 6) is 0.679. The van der Waals surface area contributed by atoms with E-state index in [4.69, 9.17) is 0 Å². The third-order valence-corrected chi connectivity index (χ3v) is 2.41. The molecule has 0 spiro atoms. The molecule has 0 radical (unpaired) electrons. The highest BCUT2D eigenvalue weighted by molar-refractivity contribution is 5.24. The van der Waals surface area contributed by atoms with Crippen molar-refractivity contribution in [2.45, 2.75) is 26.4 Å². The van der Waals surface area contributed by atoms with E-state index in [1.807, 2.05) is 19.2 Å². The second-order valence-electron chi connectivity index (χ2n) is 4.41. The van der Waals surface area contributed by atoms with Gasteiger partial charge in [-0.2, -0.15) is 0 Å². The third-order valence-electron chi connectivity index (χ3n) is 2.41. The normalized spacial score (nSPS) is 13.1. The molecule has 2 heteroatoms. The van der Waals surface area contributed by atoms with Gasteiger partial charge in [-0.1, -0.05) is 38.1 Å². The molecule has 0 fully saturated rings. The number of hydrogen-bond acceptors (Lipinski definition) is 2. The Balaban J connectivity index is 2.63. The zero-order valence-electron chi connectivity index (χ0n) is 9.83. The molecule has 1 aromatic carbocycles. The fourth-order valence-corrected chi connectivity index (χ4v) is 1.66. The van der Waals surface area contributed by atoms with Crippen LogP contribution in [-0.2, 0) is 6.42 Å². The van der Waals surface area contributed by atoms with Crippen molar-refractivity contribution in [2.24, 2.45) is 5.92 Å². The first-order chi connectivity index (χ1) is 7.13. The van der Waals surface area contributed by atoms with Gasteiger partial charge in [0, 0.05) is 6.54 Å². The van der Waals surface area contributed by atoms with Crippen LogP contribution in [0.3, 0.4) is 0 Å². The standard InChI is InChI=1S/C13H21NO/c1-10(2)8-11-4-6-12(7-5-11)13(15)9-14-3/h4-7,10,13-15H,8-9H2,1-3H3. The number of aliphatic hydroxyl groups is 1. The van der Waals surface area contributed by atoms with Crippen LogP contribution < -0.4 is 5.32 Å². The van der Waals surface area contributed by atoms with Crippen LogP contribution in [-0.4, -0.2) is 18.7 Å². The SMILES string of the molecule is CNCC(O)c1ccc(CC(C)C)cc1. The molecule has 1 unspecified atom stereocenters. The van der Waals surface area contributed by atoms with Crippen molar-refractivity contribution in [1.82, 2.24) is 5.32 Å². The molecule has 1 aromatic rings. The number of hydrogen-bond donors (Lipinski definition) is 2. The number of likely N-dealkylation sites (N-methyl/N-ethyl adjacent to an activating group) is 1. The van der Waals surface area contributed by atoms with Gasteiger partial charge in [-0.15, -0.1) is 0 Å². The number of rotatable bonds is 5. The van der Waals surface area contributed by atoms with Gasteiger partial charge >= 0.3 is 0 Å². The van der Waals surface area contributed by atoms with Crippen molar-refractivity contribution in [3.8, 4) is 0 Å². The van der Waals surface area contributed by atoms with E-state index in [9.17, 15) is 5.11 Å². The van der Waals surface area contributed by atoms with Gasteiger partial charge in [0.15, 0.2) is 0 Å². The van der Waals surface area contributed by atoms with Gasteiger partial charge in [0.2, 0.25) is 0 Å². The maximum absolute atomic E-state index is 9.73. The lowest BCUT2D eigenvalue weighted by Crippen LogP contribution is -2.16. The van der Waals surface area contributed by atoms with Crippen LogP contribution >= 0.6 is 0 Å². The molecule has 15 heavy (non-hydrogen) atoms. The highest BCUT2D eigenvalue weighted by Gasteiger charge is 2.05. The summed E-state index contributed by atoms with van der Waals surface area (Å²) >= 11 is 0. The lowest BCUT2D eigenvalue weighted by atomic mass is 10.0. The van der Waals surface area contributed by atoms with Gasteiger partial charge in [-0.25, -0.2) is 0 Å². The van der Waals surface area contributed by atoms with E-state index < -0.39 is 6.10 Å². The van der Waals surface area contributed by atoms with E-state index in [-0.39, 0.29) is 0 Å². The van der Waals surface area contributed by atoms with E-state index in [1.54, 1.807) is 0 Å². The Kier molecular flexibility index (Phi) is 4.79. The minimum atomic E-state index is -0.400. The lowest BCUT2D eigenvalue weighted by Gasteiger charge is -2.11. The number of nitrogens with one attached hydrogen (secondary N) is 1. The van der Waals surface area contributed by atoms with E-state index in [0.717, 1.165) is 12.0 Å². The molecule has 84 valence electrons. The zero-order chi connectivity index (χ0) is 11.3. The summed E-state index contributed by atoms with van der Waals surface area (Å²) in [6.07, 6.45) is 0.700. The quantitative estimate of drug-likeness (QED) is 0.775. The predicted octanol–water partition coefficient (Wildman–Crippen LogP) is 2.14. The summed E-state index contributed by atoms with van der Waals surface area (Å²) in [5.41, 5.74) is 2.32. The first-order valence-corrected chi connectivity index (χ1v) is 5.55. The van der Waals surface area contributed by atoms with Crippen LogP contribution in [0.4, 0.5) is 0 Å². The van der Waals surface area contributed by atoms with Crippen LogP contribution in [0.5, 0.6) is 0 Å². The maximum Gasteiger partial charge on any atom is 0.0914 e. The van der Waals surface area contributed by atoms with Crippen molar-refractivity contribution in [2.75, 3.05) is 13.6 Å². The van der Waals surface area contributed by atoms with E-state index in [1.165, 1.54) is 5.56 Å². The molecule has 0 aliphatic heterocycles. The van der Waals surface area contributed by atoms with Gasteiger partial charge in [0.1, 0.15) is 0 Å². The Hall–Kier alpha value is -0.860. The van der Waals surface area contributed by atoms with Gasteiger partial charge in [-0.05, 0) is 30.5 Å². The summed E-state index contributed by atoms with van der Waals surface area (Å²) in [4.78, 5) is 0. The van der Waals surface area contributed by atoms with E-state index >= 15 is 0 Å². The minimum Gasteiger partial charge on any atom is -0.387 e. The molecule has 2 N–H and O–H groups in total. The molecule has 0 saturated carbocycles. The van der Waals surface area contributed by atoms with Crippen molar-refractivity contribution in [1.29, 1.82) is 0 Å². The largest absolute Gasteiger partial charge is 0.387 e. The Morgan fingerprint density at radius 2 is 1.80 bits per heavy atom. The van der Waals surface area contributed by atoms with Crippen LogP contribution in [0.2, 0.25) is 0 Å². The molecule has 0 bridgehead atoms. The van der Waals surface area contributed by atoms with Crippen LogP contribution in [0.25, 0.3) is 0 Å². The summed E-state index contributed by atoms with van der Waals surface area (Å²) in [5, 5.41) is 12.7. The van der Waals surface area contributed by atoms with Gasteiger partial charge in [-0.3, -0.25) is 0 Å². The fourth-order valence-electron chi connectivity index (χ4n) is 1.66. The monoisotopic (exact) mass is 207 g/mol. The third kappa shape index (κ3) is 4.02. The molecular weight excluding hydrogens is 186 g/mol. The highest BCUT2D eigenvalue weighted by Crippen LogP contribution is 2.15. The summed E-state index contributed by atoms with van der Waals surface area (Å²) in [6.45, 7) is 5.02. The predicted molar refractivity (Wildman–Crippen MR) is 63.9 cm³/mol. The smallest absolute Gasteiger partial charge is 0.0914 e. The van der Waals surface area contributed by atoms with E-state index in [0.29, 0.717) is 12.5 Å². The Labute approximate surface area is 92.3 Å². The molecule has 0 aromatic heterocycles.